The quantitative estimate of drug-likeness (QED) is 0.452. The molecule has 0 bridgehead atoms. The Bertz CT molecular complexity index is 1200. The molecule has 2 heterocycles. The topological polar surface area (TPSA) is 81.5 Å². The number of rotatable bonds is 4. The van der Waals surface area contributed by atoms with E-state index in [2.05, 4.69) is 36.0 Å². The van der Waals surface area contributed by atoms with Gasteiger partial charge in [-0.1, -0.05) is 32.4 Å². The second-order valence-corrected chi connectivity index (χ2v) is 8.24. The molecule has 2 aromatic heterocycles. The lowest BCUT2D eigenvalue weighted by Crippen LogP contribution is -2.12. The standard InChI is InChI=1S/C22H21ClN4O3/c1-22(2,3)18-17(23)20-24-19(26-27(20)25-18)13-5-9-15(10-6-13)30-16-11-7-14(8-12-16)21(28)29-4/h5-12H,1-4H3,(H,24,26). The zero-order valence-electron chi connectivity index (χ0n) is 17.1. The number of hydrogen-bond donors (Lipinski definition) is 1. The summed E-state index contributed by atoms with van der Waals surface area (Å²) in [6, 6.07) is 14.2. The van der Waals surface area contributed by atoms with E-state index in [0.717, 1.165) is 11.3 Å². The second kappa shape index (κ2) is 7.50. The van der Waals surface area contributed by atoms with Crippen LogP contribution in [-0.2, 0) is 10.2 Å². The van der Waals surface area contributed by atoms with Gasteiger partial charge in [-0.25, -0.2) is 4.79 Å². The Labute approximate surface area is 178 Å². The van der Waals surface area contributed by atoms with Gasteiger partial charge < -0.3 is 14.5 Å². The van der Waals surface area contributed by atoms with Gasteiger partial charge in [0.15, 0.2) is 11.5 Å². The molecule has 0 atom stereocenters. The van der Waals surface area contributed by atoms with Crippen LogP contribution >= 0.6 is 11.6 Å². The van der Waals surface area contributed by atoms with Crippen molar-refractivity contribution >= 4 is 23.2 Å². The monoisotopic (exact) mass is 424 g/mol. The number of fused-ring (bicyclic) bond motifs is 1. The van der Waals surface area contributed by atoms with Gasteiger partial charge in [0.05, 0.1) is 18.4 Å². The summed E-state index contributed by atoms with van der Waals surface area (Å²) >= 11 is 6.49. The third-order valence-corrected chi connectivity index (χ3v) is 4.95. The van der Waals surface area contributed by atoms with E-state index < -0.39 is 0 Å². The fraction of sp³-hybridized carbons (Fsp3) is 0.227. The minimum absolute atomic E-state index is 0.167. The molecular weight excluding hydrogens is 404 g/mol. The normalized spacial score (nSPS) is 11.6. The highest BCUT2D eigenvalue weighted by Crippen LogP contribution is 2.32. The SMILES string of the molecule is COC(=O)c1ccc(Oc2ccc(-c3nn4nc(C(C)(C)C)c(Cl)c4[nH]3)cc2)cc1. The average Bonchev–Trinajstić information content (AvgIpc) is 3.28. The minimum Gasteiger partial charge on any atom is -0.465 e. The molecule has 4 aromatic rings. The molecule has 30 heavy (non-hydrogen) atoms. The van der Waals surface area contributed by atoms with Crippen molar-refractivity contribution in [1.82, 2.24) is 19.8 Å². The smallest absolute Gasteiger partial charge is 0.337 e. The van der Waals surface area contributed by atoms with Crippen LogP contribution in [0, 0.1) is 0 Å². The third kappa shape index (κ3) is 3.76. The zero-order valence-corrected chi connectivity index (χ0v) is 17.8. The first kappa shape index (κ1) is 20.0. The van der Waals surface area contributed by atoms with Gasteiger partial charge in [-0.2, -0.15) is 5.10 Å². The molecule has 0 fully saturated rings. The number of nitrogens with one attached hydrogen (secondary N) is 1. The number of nitrogens with zero attached hydrogens (tertiary/aromatic N) is 3. The number of H-pyrrole nitrogens is 1. The zero-order chi connectivity index (χ0) is 21.5. The van der Waals surface area contributed by atoms with E-state index in [9.17, 15) is 4.79 Å². The average molecular weight is 425 g/mol. The van der Waals surface area contributed by atoms with Crippen molar-refractivity contribution in [2.24, 2.45) is 0 Å². The van der Waals surface area contributed by atoms with E-state index in [0.29, 0.717) is 33.6 Å². The molecule has 0 spiro atoms. The van der Waals surface area contributed by atoms with E-state index in [4.69, 9.17) is 21.1 Å². The number of benzene rings is 2. The number of ether oxygens (including phenoxy) is 2. The lowest BCUT2D eigenvalue weighted by atomic mass is 9.92. The summed E-state index contributed by atoms with van der Waals surface area (Å²) in [6.07, 6.45) is 0. The van der Waals surface area contributed by atoms with E-state index in [1.807, 2.05) is 24.3 Å². The second-order valence-electron chi connectivity index (χ2n) is 7.87. The Morgan fingerprint density at radius 1 is 1.00 bits per heavy atom. The summed E-state index contributed by atoms with van der Waals surface area (Å²) in [7, 11) is 1.35. The van der Waals surface area contributed by atoms with Crippen molar-refractivity contribution < 1.29 is 14.3 Å². The fourth-order valence-corrected chi connectivity index (χ4v) is 3.44. The molecular formula is C22H21ClN4O3. The van der Waals surface area contributed by atoms with E-state index >= 15 is 0 Å². The number of hydrogen-bond acceptors (Lipinski definition) is 5. The maximum absolute atomic E-state index is 11.5. The van der Waals surface area contributed by atoms with Crippen LogP contribution in [0.1, 0.15) is 36.8 Å². The summed E-state index contributed by atoms with van der Waals surface area (Å²) in [5.41, 5.74) is 2.65. The molecule has 8 heteroatoms. The van der Waals surface area contributed by atoms with Gasteiger partial charge in [0, 0.05) is 11.0 Å². The van der Waals surface area contributed by atoms with Crippen molar-refractivity contribution in [1.29, 1.82) is 0 Å². The molecule has 0 unspecified atom stereocenters. The maximum Gasteiger partial charge on any atom is 0.337 e. The predicted octanol–water partition coefficient (Wildman–Crippen LogP) is 5.25. The molecule has 0 aliphatic rings. The number of methoxy groups -OCH3 is 1. The largest absolute Gasteiger partial charge is 0.465 e. The first-order chi connectivity index (χ1) is 14.3. The molecule has 7 nitrogen and oxygen atoms in total. The highest BCUT2D eigenvalue weighted by Gasteiger charge is 2.25. The van der Waals surface area contributed by atoms with Crippen LogP contribution in [0.15, 0.2) is 48.5 Å². The van der Waals surface area contributed by atoms with Crippen LogP contribution < -0.4 is 4.74 Å². The first-order valence-electron chi connectivity index (χ1n) is 9.38. The summed E-state index contributed by atoms with van der Waals surface area (Å²) in [4.78, 5) is 14.7. The van der Waals surface area contributed by atoms with Crippen LogP contribution in [0.5, 0.6) is 11.5 Å². The minimum atomic E-state index is -0.384. The molecule has 0 aliphatic heterocycles. The Balaban J connectivity index is 1.53. The van der Waals surface area contributed by atoms with Crippen LogP contribution in [0.3, 0.4) is 0 Å². The molecule has 2 aromatic carbocycles. The number of aromatic amines is 1. The van der Waals surface area contributed by atoms with Crippen LogP contribution in [0.25, 0.3) is 17.0 Å². The molecule has 0 saturated carbocycles. The van der Waals surface area contributed by atoms with E-state index in [1.54, 1.807) is 24.3 Å². The number of halogens is 1. The molecule has 154 valence electrons. The van der Waals surface area contributed by atoms with Crippen molar-refractivity contribution in [2.45, 2.75) is 26.2 Å². The number of esters is 1. The molecule has 0 aliphatic carbocycles. The van der Waals surface area contributed by atoms with Gasteiger partial charge in [0.2, 0.25) is 0 Å². The van der Waals surface area contributed by atoms with E-state index in [-0.39, 0.29) is 11.4 Å². The van der Waals surface area contributed by atoms with Gasteiger partial charge in [0.1, 0.15) is 16.5 Å². The first-order valence-corrected chi connectivity index (χ1v) is 9.76. The molecule has 1 N–H and O–H groups in total. The Hall–Kier alpha value is -3.32. The Kier molecular flexibility index (Phi) is 4.99. The highest BCUT2D eigenvalue weighted by molar-refractivity contribution is 6.34. The van der Waals surface area contributed by atoms with Crippen molar-refractivity contribution in [3.05, 3.63) is 64.8 Å². The lowest BCUT2D eigenvalue weighted by molar-refractivity contribution is 0.0600. The number of carbonyl (C=O) groups excluding carboxylic acids is 1. The van der Waals surface area contributed by atoms with Crippen molar-refractivity contribution in [3.8, 4) is 22.9 Å². The highest BCUT2D eigenvalue weighted by atomic mass is 35.5. The molecule has 0 amide bonds. The molecule has 0 saturated heterocycles. The third-order valence-electron chi connectivity index (χ3n) is 4.59. The Morgan fingerprint density at radius 2 is 1.60 bits per heavy atom. The lowest BCUT2D eigenvalue weighted by Gasteiger charge is -2.14. The van der Waals surface area contributed by atoms with Gasteiger partial charge in [0.25, 0.3) is 0 Å². The van der Waals surface area contributed by atoms with Gasteiger partial charge in [-0.05, 0) is 48.5 Å². The van der Waals surface area contributed by atoms with Gasteiger partial charge >= 0.3 is 5.97 Å². The van der Waals surface area contributed by atoms with Crippen molar-refractivity contribution in [3.63, 3.8) is 0 Å². The van der Waals surface area contributed by atoms with Gasteiger partial charge in [-0.15, -0.1) is 9.73 Å². The van der Waals surface area contributed by atoms with Gasteiger partial charge in [-0.3, -0.25) is 0 Å². The fourth-order valence-electron chi connectivity index (χ4n) is 3.00. The summed E-state index contributed by atoms with van der Waals surface area (Å²) in [6.45, 7) is 6.18. The van der Waals surface area contributed by atoms with Crippen LogP contribution in [0.4, 0.5) is 0 Å². The summed E-state index contributed by atoms with van der Waals surface area (Å²) < 4.78 is 12.1. The molecule has 0 radical (unpaired) electrons. The summed E-state index contributed by atoms with van der Waals surface area (Å²) in [5, 5.41) is 9.60. The summed E-state index contributed by atoms with van der Waals surface area (Å²) in [5.74, 6) is 1.56. The number of carbonyl (C=O) groups is 1. The Morgan fingerprint density at radius 3 is 2.13 bits per heavy atom. The van der Waals surface area contributed by atoms with Crippen LogP contribution in [-0.4, -0.2) is 32.9 Å². The molecule has 4 rings (SSSR count). The maximum atomic E-state index is 11.5. The van der Waals surface area contributed by atoms with E-state index in [1.165, 1.54) is 11.7 Å². The predicted molar refractivity (Wildman–Crippen MR) is 114 cm³/mol. The van der Waals surface area contributed by atoms with Crippen LogP contribution in [0.2, 0.25) is 5.02 Å². The van der Waals surface area contributed by atoms with Crippen molar-refractivity contribution in [2.75, 3.05) is 7.11 Å². The number of aromatic nitrogens is 4.